The van der Waals surface area contributed by atoms with Gasteiger partial charge in [0, 0.05) is 10.2 Å². The Hall–Kier alpha value is -2.39. The third-order valence-electron chi connectivity index (χ3n) is 6.33. The summed E-state index contributed by atoms with van der Waals surface area (Å²) < 4.78 is 1.06. The van der Waals surface area contributed by atoms with Crippen LogP contribution in [-0.2, 0) is 17.6 Å². The molecule has 0 spiro atoms. The van der Waals surface area contributed by atoms with Crippen molar-refractivity contribution >= 4 is 27.5 Å². The zero-order valence-electron chi connectivity index (χ0n) is 18.7. The maximum atomic E-state index is 14.0. The largest absolute Gasteiger partial charge is 0.325 e. The number of carbonyl (C=O) groups excluding carboxylic acids is 1. The van der Waals surface area contributed by atoms with Crippen LogP contribution >= 0.6 is 15.9 Å². The van der Waals surface area contributed by atoms with E-state index in [0.717, 1.165) is 34.1 Å². The second-order valence-corrected chi connectivity index (χ2v) is 10.0. The molecule has 3 heteroatoms. The number of nitrogens with one attached hydrogen (secondary N) is 1. The predicted molar refractivity (Wildman–Crippen MR) is 133 cm³/mol. The maximum Gasteiger partial charge on any atom is 0.236 e. The van der Waals surface area contributed by atoms with E-state index >= 15 is 0 Å². The van der Waals surface area contributed by atoms with Crippen molar-refractivity contribution in [3.8, 4) is 0 Å². The Morgan fingerprint density at radius 3 is 2.13 bits per heavy atom. The average Bonchev–Trinajstić information content (AvgIpc) is 2.90. The fourth-order valence-corrected chi connectivity index (χ4v) is 5.13. The summed E-state index contributed by atoms with van der Waals surface area (Å²) in [7, 11) is 0. The molecule has 160 valence electrons. The van der Waals surface area contributed by atoms with E-state index in [4.69, 9.17) is 0 Å². The SMILES string of the molecule is CC(C)c1cccc(C(C)C)c1NC(=O)C1c2ccccc2CCc2cc(Br)ccc21. The number of anilines is 1. The van der Waals surface area contributed by atoms with Gasteiger partial charge in [-0.2, -0.15) is 0 Å². The van der Waals surface area contributed by atoms with Crippen LogP contribution in [-0.4, -0.2) is 5.91 Å². The van der Waals surface area contributed by atoms with Gasteiger partial charge in [-0.3, -0.25) is 4.79 Å². The molecule has 1 amide bonds. The van der Waals surface area contributed by atoms with Gasteiger partial charge in [-0.1, -0.05) is 92.2 Å². The molecule has 3 aromatic carbocycles. The Morgan fingerprint density at radius 1 is 0.839 bits per heavy atom. The summed E-state index contributed by atoms with van der Waals surface area (Å²) in [6.07, 6.45) is 1.89. The molecule has 3 aromatic rings. The van der Waals surface area contributed by atoms with E-state index in [1.165, 1.54) is 22.3 Å². The number of halogens is 1. The summed E-state index contributed by atoms with van der Waals surface area (Å²) in [5.41, 5.74) is 8.10. The summed E-state index contributed by atoms with van der Waals surface area (Å²) >= 11 is 3.61. The van der Waals surface area contributed by atoms with Crippen LogP contribution in [0.25, 0.3) is 0 Å². The fourth-order valence-electron chi connectivity index (χ4n) is 4.73. The highest BCUT2D eigenvalue weighted by Gasteiger charge is 2.30. The lowest BCUT2D eigenvalue weighted by Gasteiger charge is -2.24. The normalized spacial score (nSPS) is 15.4. The lowest BCUT2D eigenvalue weighted by Crippen LogP contribution is -2.24. The number of benzene rings is 3. The summed E-state index contributed by atoms with van der Waals surface area (Å²) in [6, 6.07) is 21.1. The third kappa shape index (κ3) is 4.34. The molecule has 0 aliphatic heterocycles. The Morgan fingerprint density at radius 2 is 1.45 bits per heavy atom. The average molecular weight is 476 g/mol. The zero-order valence-corrected chi connectivity index (χ0v) is 20.3. The molecule has 0 saturated heterocycles. The van der Waals surface area contributed by atoms with Gasteiger partial charge in [0.15, 0.2) is 0 Å². The highest BCUT2D eigenvalue weighted by molar-refractivity contribution is 9.10. The molecule has 0 heterocycles. The highest BCUT2D eigenvalue weighted by Crippen LogP contribution is 2.38. The van der Waals surface area contributed by atoms with Crippen molar-refractivity contribution in [2.24, 2.45) is 0 Å². The van der Waals surface area contributed by atoms with E-state index in [1.54, 1.807) is 0 Å². The summed E-state index contributed by atoms with van der Waals surface area (Å²) in [5.74, 6) is 0.396. The Labute approximate surface area is 194 Å². The Kier molecular flexibility index (Phi) is 6.34. The van der Waals surface area contributed by atoms with Gasteiger partial charge >= 0.3 is 0 Å². The minimum absolute atomic E-state index is 0.0490. The molecule has 1 unspecified atom stereocenters. The molecule has 1 atom stereocenters. The van der Waals surface area contributed by atoms with E-state index in [-0.39, 0.29) is 11.8 Å². The first-order chi connectivity index (χ1) is 14.9. The molecule has 0 fully saturated rings. The minimum atomic E-state index is -0.318. The lowest BCUT2D eigenvalue weighted by molar-refractivity contribution is -0.116. The molecule has 0 saturated carbocycles. The summed E-state index contributed by atoms with van der Waals surface area (Å²) in [4.78, 5) is 14.0. The van der Waals surface area contributed by atoms with Crippen LogP contribution in [0, 0.1) is 0 Å². The number of fused-ring (bicyclic) bond motifs is 2. The third-order valence-corrected chi connectivity index (χ3v) is 6.82. The second-order valence-electron chi connectivity index (χ2n) is 9.09. The molecule has 31 heavy (non-hydrogen) atoms. The number of hydrogen-bond donors (Lipinski definition) is 1. The molecule has 1 aliphatic carbocycles. The van der Waals surface area contributed by atoms with E-state index in [2.05, 4.69) is 104 Å². The first-order valence-corrected chi connectivity index (χ1v) is 12.0. The van der Waals surface area contributed by atoms with Crippen molar-refractivity contribution < 1.29 is 4.79 Å². The van der Waals surface area contributed by atoms with E-state index in [0.29, 0.717) is 11.8 Å². The van der Waals surface area contributed by atoms with Gasteiger partial charge in [-0.05, 0) is 70.2 Å². The monoisotopic (exact) mass is 475 g/mol. The van der Waals surface area contributed by atoms with Crippen LogP contribution in [0.1, 0.15) is 78.8 Å². The fraction of sp³-hybridized carbons (Fsp3) is 0.321. The van der Waals surface area contributed by atoms with Crippen molar-refractivity contribution in [3.05, 3.63) is 98.5 Å². The first kappa shape index (κ1) is 21.8. The number of para-hydroxylation sites is 1. The van der Waals surface area contributed by atoms with Crippen LogP contribution < -0.4 is 5.32 Å². The maximum absolute atomic E-state index is 14.0. The zero-order chi connectivity index (χ0) is 22.1. The molecule has 2 nitrogen and oxygen atoms in total. The van der Waals surface area contributed by atoms with Crippen molar-refractivity contribution in [1.29, 1.82) is 0 Å². The topological polar surface area (TPSA) is 29.1 Å². The predicted octanol–water partition coefficient (Wildman–Crippen LogP) is 7.57. The van der Waals surface area contributed by atoms with Gasteiger partial charge in [0.2, 0.25) is 5.91 Å². The van der Waals surface area contributed by atoms with Gasteiger partial charge in [-0.25, -0.2) is 0 Å². The molecular weight excluding hydrogens is 446 g/mol. The lowest BCUT2D eigenvalue weighted by atomic mass is 9.86. The van der Waals surface area contributed by atoms with Crippen LogP contribution in [0.2, 0.25) is 0 Å². The van der Waals surface area contributed by atoms with E-state index in [9.17, 15) is 4.79 Å². The summed E-state index contributed by atoms with van der Waals surface area (Å²) in [6.45, 7) is 8.73. The van der Waals surface area contributed by atoms with Gasteiger partial charge < -0.3 is 5.32 Å². The van der Waals surface area contributed by atoms with E-state index in [1.807, 2.05) is 6.07 Å². The van der Waals surface area contributed by atoms with Gasteiger partial charge in [0.25, 0.3) is 0 Å². The molecule has 0 aromatic heterocycles. The molecule has 0 radical (unpaired) electrons. The molecule has 0 bridgehead atoms. The minimum Gasteiger partial charge on any atom is -0.325 e. The first-order valence-electron chi connectivity index (χ1n) is 11.2. The molecule has 4 rings (SSSR count). The second kappa shape index (κ2) is 9.00. The molecule has 1 N–H and O–H groups in total. The van der Waals surface area contributed by atoms with Crippen molar-refractivity contribution in [2.45, 2.75) is 58.3 Å². The van der Waals surface area contributed by atoms with Crippen LogP contribution in [0.4, 0.5) is 5.69 Å². The smallest absolute Gasteiger partial charge is 0.236 e. The van der Waals surface area contributed by atoms with Crippen LogP contribution in [0.5, 0.6) is 0 Å². The van der Waals surface area contributed by atoms with Gasteiger partial charge in [0.05, 0.1) is 5.92 Å². The van der Waals surface area contributed by atoms with Crippen LogP contribution in [0.3, 0.4) is 0 Å². The number of amides is 1. The van der Waals surface area contributed by atoms with Crippen molar-refractivity contribution in [2.75, 3.05) is 5.32 Å². The van der Waals surface area contributed by atoms with Crippen molar-refractivity contribution in [3.63, 3.8) is 0 Å². The van der Waals surface area contributed by atoms with Crippen LogP contribution in [0.15, 0.2) is 65.1 Å². The standard InChI is InChI=1S/C28H30BrNO/c1-17(2)22-10-7-11-23(18(3)4)27(22)30-28(31)26-24-9-6-5-8-19(24)12-13-20-16-21(29)14-15-25(20)26/h5-11,14-18,26H,12-13H2,1-4H3,(H,30,31). The highest BCUT2D eigenvalue weighted by atomic mass is 79.9. The molecular formula is C28H30BrNO. The Balaban J connectivity index is 1.83. The van der Waals surface area contributed by atoms with Crippen molar-refractivity contribution in [1.82, 2.24) is 0 Å². The van der Waals surface area contributed by atoms with Gasteiger partial charge in [-0.15, -0.1) is 0 Å². The Bertz CT molecular complexity index is 1090. The summed E-state index contributed by atoms with van der Waals surface area (Å²) in [5, 5.41) is 3.39. The quantitative estimate of drug-likeness (QED) is 0.414. The number of hydrogen-bond acceptors (Lipinski definition) is 1. The number of aryl methyl sites for hydroxylation is 2. The number of rotatable bonds is 4. The molecule has 1 aliphatic rings. The van der Waals surface area contributed by atoms with E-state index < -0.39 is 0 Å². The number of carbonyl (C=O) groups is 1. The van der Waals surface area contributed by atoms with Gasteiger partial charge in [0.1, 0.15) is 0 Å².